The van der Waals surface area contributed by atoms with Crippen LogP contribution in [0.2, 0.25) is 0 Å². The highest BCUT2D eigenvalue weighted by molar-refractivity contribution is 4.46. The maximum absolute atomic E-state index is 8.02. The summed E-state index contributed by atoms with van der Waals surface area (Å²) in [5, 5.41) is 8.02. The molecule has 1 rings (SSSR count). The summed E-state index contributed by atoms with van der Waals surface area (Å²) in [6.45, 7) is 5.68. The lowest BCUT2D eigenvalue weighted by Crippen LogP contribution is -1.90. The number of aliphatic hydroxyl groups excluding tert-OH is 1. The van der Waals surface area contributed by atoms with Crippen molar-refractivity contribution < 1.29 is 14.6 Å². The molecule has 0 radical (unpaired) electrons. The molecule has 66 valence electrons. The van der Waals surface area contributed by atoms with Crippen molar-refractivity contribution in [1.82, 2.24) is 0 Å². The third-order valence-corrected chi connectivity index (χ3v) is 1.15. The Morgan fingerprint density at radius 1 is 1.45 bits per heavy atom. The molecule has 1 heterocycles. The molecule has 0 aromatic carbocycles. The quantitative estimate of drug-likeness (QED) is 0.493. The molecular weight excluding hydrogens is 144 g/mol. The molecule has 1 saturated heterocycles. The number of rotatable bonds is 3. The highest BCUT2D eigenvalue weighted by Crippen LogP contribution is 1.98. The lowest BCUT2D eigenvalue weighted by Gasteiger charge is -1.89. The number of ether oxygens (including phenoxy) is 2. The van der Waals surface area contributed by atoms with Gasteiger partial charge in [-0.25, -0.2) is 0 Å². The fourth-order valence-electron chi connectivity index (χ4n) is 0.646. The lowest BCUT2D eigenvalue weighted by molar-refractivity contribution is 0.166. The van der Waals surface area contributed by atoms with Gasteiger partial charge in [0, 0.05) is 13.2 Å². The second kappa shape index (κ2) is 9.46. The van der Waals surface area contributed by atoms with Gasteiger partial charge in [0.25, 0.3) is 0 Å². The summed E-state index contributed by atoms with van der Waals surface area (Å²) in [4.78, 5) is 0. The van der Waals surface area contributed by atoms with E-state index in [0.717, 1.165) is 13.2 Å². The summed E-state index contributed by atoms with van der Waals surface area (Å²) in [7, 11) is 0. The minimum absolute atomic E-state index is 0.0615. The van der Waals surface area contributed by atoms with Crippen LogP contribution >= 0.6 is 0 Å². The minimum atomic E-state index is 0.0615. The lowest BCUT2D eigenvalue weighted by atomic mass is 10.4. The third kappa shape index (κ3) is 9.46. The number of aliphatic hydroxyl groups is 1. The van der Waals surface area contributed by atoms with Crippen LogP contribution in [0.25, 0.3) is 0 Å². The van der Waals surface area contributed by atoms with Crippen LogP contribution < -0.4 is 0 Å². The Labute approximate surface area is 67.6 Å². The maximum Gasteiger partial charge on any atom is 0.110 e. The van der Waals surface area contributed by atoms with Crippen LogP contribution in [0.4, 0.5) is 0 Å². The number of hydrogen-bond acceptors (Lipinski definition) is 3. The summed E-state index contributed by atoms with van der Waals surface area (Å²) >= 11 is 0. The van der Waals surface area contributed by atoms with Gasteiger partial charge in [-0.3, -0.25) is 0 Å². The summed E-state index contributed by atoms with van der Waals surface area (Å²) < 4.78 is 9.44. The molecule has 0 aliphatic carbocycles. The largest absolute Gasteiger partial charge is 0.499 e. The Morgan fingerprint density at radius 2 is 2.09 bits per heavy atom. The molecule has 0 aromatic heterocycles. The van der Waals surface area contributed by atoms with Gasteiger partial charge in [0.15, 0.2) is 0 Å². The van der Waals surface area contributed by atoms with Crippen LogP contribution in [0, 0.1) is 0 Å². The monoisotopic (exact) mass is 160 g/mol. The van der Waals surface area contributed by atoms with Gasteiger partial charge >= 0.3 is 0 Å². The smallest absolute Gasteiger partial charge is 0.110 e. The van der Waals surface area contributed by atoms with E-state index in [1.807, 2.05) is 0 Å². The molecule has 3 heteroatoms. The average Bonchev–Trinajstić information content (AvgIpc) is 2.57. The van der Waals surface area contributed by atoms with Crippen LogP contribution in [0.5, 0.6) is 0 Å². The molecule has 11 heavy (non-hydrogen) atoms. The zero-order chi connectivity index (χ0) is 8.36. The molecule has 1 N–H and O–H groups in total. The van der Waals surface area contributed by atoms with Crippen LogP contribution in [-0.2, 0) is 9.47 Å². The normalized spacial score (nSPS) is 15.0. The molecule has 0 saturated carbocycles. The van der Waals surface area contributed by atoms with E-state index < -0.39 is 0 Å². The Balaban J connectivity index is 0.000000183. The van der Waals surface area contributed by atoms with Crippen molar-refractivity contribution in [3.8, 4) is 0 Å². The molecule has 1 aliphatic rings. The van der Waals surface area contributed by atoms with Gasteiger partial charge in [-0.1, -0.05) is 6.58 Å². The van der Waals surface area contributed by atoms with E-state index in [9.17, 15) is 0 Å². The van der Waals surface area contributed by atoms with Crippen molar-refractivity contribution in [1.29, 1.82) is 0 Å². The van der Waals surface area contributed by atoms with E-state index in [0.29, 0.717) is 6.61 Å². The molecule has 0 atom stereocenters. The first-order valence-electron chi connectivity index (χ1n) is 3.83. The fourth-order valence-corrected chi connectivity index (χ4v) is 0.646. The van der Waals surface area contributed by atoms with Gasteiger partial charge in [-0.15, -0.1) is 0 Å². The first kappa shape index (κ1) is 10.5. The highest BCUT2D eigenvalue weighted by Gasteiger charge is 1.94. The fraction of sp³-hybridized carbons (Fsp3) is 0.750. The predicted octanol–water partition coefficient (Wildman–Crippen LogP) is 0.936. The summed E-state index contributed by atoms with van der Waals surface area (Å²) in [5.41, 5.74) is 0. The van der Waals surface area contributed by atoms with Crippen LogP contribution in [0.1, 0.15) is 12.8 Å². The Bertz CT molecular complexity index is 71.8. The second-order valence-electron chi connectivity index (χ2n) is 2.08. The zero-order valence-corrected chi connectivity index (χ0v) is 6.79. The summed E-state index contributed by atoms with van der Waals surface area (Å²) in [6, 6.07) is 0. The Hall–Kier alpha value is -0.540. The van der Waals surface area contributed by atoms with Crippen LogP contribution in [0.3, 0.4) is 0 Å². The molecule has 0 unspecified atom stereocenters. The highest BCUT2D eigenvalue weighted by atomic mass is 16.5. The Morgan fingerprint density at radius 3 is 2.27 bits per heavy atom. The molecule has 1 aliphatic heterocycles. The summed E-state index contributed by atoms with van der Waals surface area (Å²) in [6.07, 6.45) is 3.86. The molecule has 0 amide bonds. The minimum Gasteiger partial charge on any atom is -0.499 e. The van der Waals surface area contributed by atoms with E-state index in [4.69, 9.17) is 9.84 Å². The first-order chi connectivity index (χ1) is 5.41. The molecule has 0 bridgehead atoms. The van der Waals surface area contributed by atoms with Crippen molar-refractivity contribution >= 4 is 0 Å². The van der Waals surface area contributed by atoms with E-state index in [2.05, 4.69) is 11.3 Å². The standard InChI is InChI=1S/C4H8O2.C4H8O/c1-2-6-4-3-5;1-2-4-5-3-1/h2,5H,1,3-4H2;1-4H2. The van der Waals surface area contributed by atoms with E-state index >= 15 is 0 Å². The Kier molecular flexibility index (Phi) is 9.00. The molecule has 0 aromatic rings. The molecular formula is C8H16O3. The van der Waals surface area contributed by atoms with E-state index in [1.54, 1.807) is 0 Å². The van der Waals surface area contributed by atoms with Gasteiger partial charge in [0.05, 0.1) is 12.9 Å². The number of hydrogen-bond donors (Lipinski definition) is 1. The second-order valence-corrected chi connectivity index (χ2v) is 2.08. The predicted molar refractivity (Wildman–Crippen MR) is 43.3 cm³/mol. The van der Waals surface area contributed by atoms with Gasteiger partial charge in [-0.2, -0.15) is 0 Å². The van der Waals surface area contributed by atoms with Crippen molar-refractivity contribution in [2.45, 2.75) is 12.8 Å². The molecule has 1 fully saturated rings. The van der Waals surface area contributed by atoms with Gasteiger partial charge < -0.3 is 14.6 Å². The van der Waals surface area contributed by atoms with Crippen LogP contribution in [-0.4, -0.2) is 31.5 Å². The van der Waals surface area contributed by atoms with Crippen molar-refractivity contribution in [2.75, 3.05) is 26.4 Å². The topological polar surface area (TPSA) is 38.7 Å². The zero-order valence-electron chi connectivity index (χ0n) is 6.79. The van der Waals surface area contributed by atoms with Crippen molar-refractivity contribution in [3.63, 3.8) is 0 Å². The van der Waals surface area contributed by atoms with Crippen molar-refractivity contribution in [2.24, 2.45) is 0 Å². The molecule has 3 nitrogen and oxygen atoms in total. The third-order valence-electron chi connectivity index (χ3n) is 1.15. The summed E-state index contributed by atoms with van der Waals surface area (Å²) in [5.74, 6) is 0. The van der Waals surface area contributed by atoms with Crippen LogP contribution in [0.15, 0.2) is 12.8 Å². The SMILES string of the molecule is C1CCOC1.C=COCCO. The van der Waals surface area contributed by atoms with Gasteiger partial charge in [0.1, 0.15) is 6.61 Å². The van der Waals surface area contributed by atoms with E-state index in [-0.39, 0.29) is 6.61 Å². The van der Waals surface area contributed by atoms with Gasteiger partial charge in [0.2, 0.25) is 0 Å². The first-order valence-corrected chi connectivity index (χ1v) is 3.83. The van der Waals surface area contributed by atoms with Gasteiger partial charge in [-0.05, 0) is 12.8 Å². The maximum atomic E-state index is 8.02. The van der Waals surface area contributed by atoms with E-state index in [1.165, 1.54) is 19.1 Å². The molecule has 0 spiro atoms. The van der Waals surface area contributed by atoms with Crippen molar-refractivity contribution in [3.05, 3.63) is 12.8 Å². The average molecular weight is 160 g/mol.